The van der Waals surface area contributed by atoms with Gasteiger partial charge in [0.25, 0.3) is 5.91 Å². The van der Waals surface area contributed by atoms with E-state index < -0.39 is 82.3 Å². The number of esters is 1. The van der Waals surface area contributed by atoms with Crippen molar-refractivity contribution >= 4 is 29.2 Å². The first-order valence-corrected chi connectivity index (χ1v) is 13.0. The Morgan fingerprint density at radius 1 is 1.05 bits per heavy atom. The minimum atomic E-state index is -2.85. The smallest absolute Gasteiger partial charge is 0.309 e. The van der Waals surface area contributed by atoms with Crippen molar-refractivity contribution < 1.29 is 44.3 Å². The number of aliphatic hydroxyl groups excluding tert-OH is 2. The highest BCUT2D eigenvalue weighted by Crippen LogP contribution is 2.56. The second kappa shape index (κ2) is 9.27. The molecule has 10 nitrogen and oxygen atoms in total. The Hall–Kier alpha value is -3.66. The first kappa shape index (κ1) is 26.0. The van der Waals surface area contributed by atoms with Crippen molar-refractivity contribution in [2.24, 2.45) is 23.5 Å². The first-order chi connectivity index (χ1) is 18.0. The first-order valence-electron chi connectivity index (χ1n) is 13.0. The molecule has 10 heteroatoms. The van der Waals surface area contributed by atoms with E-state index in [1.165, 1.54) is 6.07 Å². The molecule has 0 spiro atoms. The number of phenolic OH excluding ortho intramolecular Hbond substituents is 1. The average Bonchev–Trinajstić information content (AvgIpc) is 3.15. The molecule has 1 amide bonds. The van der Waals surface area contributed by atoms with Crippen LogP contribution in [0.4, 0.5) is 0 Å². The van der Waals surface area contributed by atoms with Gasteiger partial charge in [-0.2, -0.15) is 0 Å². The number of Topliss-reactive ketones (excluding diaryl/α,β-unsaturated/α-hetero) is 2. The van der Waals surface area contributed by atoms with Crippen molar-refractivity contribution in [2.45, 2.75) is 69.5 Å². The monoisotopic (exact) mass is 525 g/mol. The zero-order valence-corrected chi connectivity index (χ0v) is 21.0. The van der Waals surface area contributed by atoms with E-state index in [1.54, 1.807) is 19.1 Å². The molecule has 0 saturated heterocycles. The third kappa shape index (κ3) is 3.65. The van der Waals surface area contributed by atoms with E-state index in [9.17, 15) is 39.6 Å². The van der Waals surface area contributed by atoms with Gasteiger partial charge >= 0.3 is 5.97 Å². The summed E-state index contributed by atoms with van der Waals surface area (Å²) in [4.78, 5) is 52.2. The van der Waals surface area contributed by atoms with Gasteiger partial charge in [-0.1, -0.05) is 44.7 Å². The van der Waals surface area contributed by atoms with Crippen molar-refractivity contribution in [2.75, 3.05) is 0 Å². The second-order valence-electron chi connectivity index (χ2n) is 10.8. The van der Waals surface area contributed by atoms with Gasteiger partial charge in [0.2, 0.25) is 5.78 Å². The van der Waals surface area contributed by atoms with Gasteiger partial charge in [-0.15, -0.1) is 0 Å². The molecular formula is C28H31NO9. The Morgan fingerprint density at radius 3 is 2.34 bits per heavy atom. The topological polar surface area (TPSA) is 184 Å². The molecule has 0 bridgehead atoms. The Kier molecular flexibility index (Phi) is 6.33. The van der Waals surface area contributed by atoms with Crippen LogP contribution in [0.15, 0.2) is 35.1 Å². The fourth-order valence-electron chi connectivity index (χ4n) is 6.83. The summed E-state index contributed by atoms with van der Waals surface area (Å²) in [5.41, 5.74) is 1.65. The van der Waals surface area contributed by atoms with Crippen LogP contribution in [0.5, 0.6) is 5.75 Å². The molecule has 5 atom stereocenters. The quantitative estimate of drug-likeness (QED) is 0.225. The molecule has 0 radical (unpaired) electrons. The normalized spacial score (nSPS) is 31.7. The van der Waals surface area contributed by atoms with Crippen molar-refractivity contribution in [1.82, 2.24) is 0 Å². The van der Waals surface area contributed by atoms with Crippen LogP contribution in [0.25, 0.3) is 5.76 Å². The van der Waals surface area contributed by atoms with Gasteiger partial charge in [-0.25, -0.2) is 0 Å². The average molecular weight is 526 g/mol. The fourth-order valence-corrected chi connectivity index (χ4v) is 6.83. The molecule has 6 N–H and O–H groups in total. The van der Waals surface area contributed by atoms with Gasteiger partial charge in [0.1, 0.15) is 28.9 Å². The van der Waals surface area contributed by atoms with E-state index in [-0.39, 0.29) is 16.9 Å². The number of aliphatic hydroxyl groups is 3. The molecule has 0 heterocycles. The van der Waals surface area contributed by atoms with Crippen LogP contribution >= 0.6 is 0 Å². The number of carbonyl (C=O) groups is 4. The number of amides is 1. The van der Waals surface area contributed by atoms with Gasteiger partial charge < -0.3 is 30.9 Å². The minimum absolute atomic E-state index is 0.0130. The number of primary amides is 1. The fraction of sp³-hybridized carbons (Fsp3) is 0.500. The zero-order chi connectivity index (χ0) is 27.5. The summed E-state index contributed by atoms with van der Waals surface area (Å²) in [5.74, 6) is -9.47. The zero-order valence-electron chi connectivity index (χ0n) is 21.0. The summed E-state index contributed by atoms with van der Waals surface area (Å²) in [5, 5.41) is 44.5. The van der Waals surface area contributed by atoms with Gasteiger partial charge in [0, 0.05) is 23.8 Å². The van der Waals surface area contributed by atoms with E-state index in [4.69, 9.17) is 10.5 Å². The highest BCUT2D eigenvalue weighted by Gasteiger charge is 2.66. The van der Waals surface area contributed by atoms with Crippen LogP contribution in [0.1, 0.15) is 68.9 Å². The van der Waals surface area contributed by atoms with Gasteiger partial charge in [0.05, 0.1) is 11.5 Å². The molecular weight excluding hydrogens is 494 g/mol. The number of carbonyl (C=O) groups excluding carboxylic acids is 4. The lowest BCUT2D eigenvalue weighted by atomic mass is 9.55. The summed E-state index contributed by atoms with van der Waals surface area (Å²) in [7, 11) is 0. The van der Waals surface area contributed by atoms with Crippen LogP contribution in [0.3, 0.4) is 0 Å². The number of rotatable bonds is 3. The largest absolute Gasteiger partial charge is 0.508 e. The van der Waals surface area contributed by atoms with Gasteiger partial charge in [-0.3, -0.25) is 19.2 Å². The Bertz CT molecular complexity index is 1300. The molecule has 2 fully saturated rings. The lowest BCUT2D eigenvalue weighted by Crippen LogP contribution is -2.64. The highest BCUT2D eigenvalue weighted by molar-refractivity contribution is 6.23. The highest BCUT2D eigenvalue weighted by atomic mass is 16.5. The number of fused-ring (bicyclic) bond motifs is 3. The predicted octanol–water partition coefficient (Wildman–Crippen LogP) is 2.48. The molecule has 0 aliphatic heterocycles. The van der Waals surface area contributed by atoms with E-state index in [2.05, 4.69) is 0 Å². The lowest BCUT2D eigenvalue weighted by molar-refractivity contribution is -0.181. The van der Waals surface area contributed by atoms with Crippen LogP contribution in [-0.2, 0) is 23.9 Å². The van der Waals surface area contributed by atoms with Crippen molar-refractivity contribution in [1.29, 1.82) is 0 Å². The number of ketones is 2. The standard InChI is InChI=1S/C28H31NO9/c1-12-14-9-6-10-16(30)19(14)22(32)21-18(12)23(38-27(36)13-7-4-2-3-5-8-13)15-11-17(31)20(26(29)35)24(33)28(15,37)25(21)34/h6,9-10,12-13,15,18,23,30,32-33,37H,2-5,7-8,11H2,1H3,(H2,29,35)/t12-,15+,18+,23+,28+/m0/s1. The van der Waals surface area contributed by atoms with Crippen molar-refractivity contribution in [3.63, 3.8) is 0 Å². The SMILES string of the molecule is C[C@H]1c2cccc(O)c2C(O)=C2C(=O)[C@]3(O)C(O)=C(C(N)=O)C(=O)C[C@@H]3[C@@H](OC(=O)C3CCCCCC3)[C@@H]21. The van der Waals surface area contributed by atoms with Crippen molar-refractivity contribution in [3.8, 4) is 5.75 Å². The molecule has 38 heavy (non-hydrogen) atoms. The molecule has 5 rings (SSSR count). The molecule has 202 valence electrons. The number of hydrogen-bond donors (Lipinski definition) is 5. The van der Waals surface area contributed by atoms with E-state index >= 15 is 0 Å². The molecule has 4 aliphatic carbocycles. The molecule has 0 aromatic heterocycles. The van der Waals surface area contributed by atoms with E-state index in [1.807, 2.05) is 0 Å². The van der Waals surface area contributed by atoms with Crippen LogP contribution in [-0.4, -0.2) is 55.6 Å². The number of benzene rings is 1. The summed E-state index contributed by atoms with van der Waals surface area (Å²) < 4.78 is 6.03. The second-order valence-corrected chi connectivity index (χ2v) is 10.8. The number of nitrogens with two attached hydrogens (primary N) is 1. The minimum Gasteiger partial charge on any atom is -0.508 e. The summed E-state index contributed by atoms with van der Waals surface area (Å²) in [6, 6.07) is 4.57. The van der Waals surface area contributed by atoms with Gasteiger partial charge in [0.15, 0.2) is 11.4 Å². The van der Waals surface area contributed by atoms with Crippen LogP contribution < -0.4 is 5.73 Å². The molecule has 4 aliphatic rings. The van der Waals surface area contributed by atoms with E-state index in [0.29, 0.717) is 18.4 Å². The molecule has 1 aromatic carbocycles. The number of aromatic hydroxyl groups is 1. The Labute approximate surface area is 218 Å². The summed E-state index contributed by atoms with van der Waals surface area (Å²) in [6.45, 7) is 1.73. The van der Waals surface area contributed by atoms with E-state index in [0.717, 1.165) is 25.7 Å². The maximum atomic E-state index is 13.9. The Balaban J connectivity index is 1.70. The van der Waals surface area contributed by atoms with Crippen LogP contribution in [0.2, 0.25) is 0 Å². The third-order valence-corrected chi connectivity index (χ3v) is 8.78. The summed E-state index contributed by atoms with van der Waals surface area (Å²) in [6.07, 6.45) is 3.01. The maximum Gasteiger partial charge on any atom is 0.309 e. The molecule has 0 unspecified atom stereocenters. The molecule has 2 saturated carbocycles. The number of hydrogen-bond acceptors (Lipinski definition) is 9. The third-order valence-electron chi connectivity index (χ3n) is 8.78. The summed E-state index contributed by atoms with van der Waals surface area (Å²) >= 11 is 0. The maximum absolute atomic E-state index is 13.9. The Morgan fingerprint density at radius 2 is 1.71 bits per heavy atom. The predicted molar refractivity (Wildman–Crippen MR) is 133 cm³/mol. The lowest BCUT2D eigenvalue weighted by Gasteiger charge is -2.51. The number of phenols is 1. The van der Waals surface area contributed by atoms with Crippen LogP contribution in [0, 0.1) is 17.8 Å². The molecule has 1 aromatic rings. The number of ether oxygens (including phenoxy) is 1. The van der Waals surface area contributed by atoms with Crippen molar-refractivity contribution in [3.05, 3.63) is 46.2 Å². The van der Waals surface area contributed by atoms with Gasteiger partial charge in [-0.05, 0) is 30.4 Å².